The molecule has 2 aliphatic rings. The molecule has 0 spiro atoms. The number of fused-ring (bicyclic) bond motifs is 1. The van der Waals surface area contributed by atoms with Gasteiger partial charge in [0, 0.05) is 45.7 Å². The van der Waals surface area contributed by atoms with Crippen LogP contribution in [0.25, 0.3) is 0 Å². The van der Waals surface area contributed by atoms with Gasteiger partial charge in [-0.05, 0) is 7.05 Å². The van der Waals surface area contributed by atoms with Crippen LogP contribution in [-0.2, 0) is 13.0 Å². The number of hydrogen-bond acceptors (Lipinski definition) is 5. The van der Waals surface area contributed by atoms with Crippen LogP contribution in [0.1, 0.15) is 11.3 Å². The molecule has 3 rings (SSSR count). The molecule has 1 N–H and O–H groups in total. The smallest absolute Gasteiger partial charge is 0.232 e. The third-order valence-electron chi connectivity index (χ3n) is 3.48. The zero-order valence-corrected chi connectivity index (χ0v) is 9.70. The molecule has 1 aromatic rings. The number of anilines is 1. The van der Waals surface area contributed by atoms with Crippen LogP contribution in [-0.4, -0.2) is 49.8 Å². The average molecular weight is 222 g/mol. The quantitative estimate of drug-likeness (QED) is 0.728. The van der Waals surface area contributed by atoms with E-state index >= 15 is 0 Å². The van der Waals surface area contributed by atoms with Gasteiger partial charge >= 0.3 is 0 Å². The van der Waals surface area contributed by atoms with Crippen LogP contribution >= 0.6 is 0 Å². The van der Waals surface area contributed by atoms with Gasteiger partial charge in [0.1, 0.15) is 0 Å². The lowest BCUT2D eigenvalue weighted by Gasteiger charge is -2.32. The number of likely N-dealkylation sites (N-methyl/N-ethyl adjacent to an activating group) is 1. The number of rotatable bonds is 1. The lowest BCUT2D eigenvalue weighted by molar-refractivity contribution is 0.299. The summed E-state index contributed by atoms with van der Waals surface area (Å²) in [6.07, 6.45) is 0.993. The highest BCUT2D eigenvalue weighted by atomic mass is 16.5. The summed E-state index contributed by atoms with van der Waals surface area (Å²) in [7, 11) is 2.16. The Hall–Kier alpha value is -1.07. The Morgan fingerprint density at radius 3 is 2.88 bits per heavy atom. The van der Waals surface area contributed by atoms with Crippen molar-refractivity contribution in [1.29, 1.82) is 0 Å². The van der Waals surface area contributed by atoms with E-state index in [2.05, 4.69) is 27.3 Å². The summed E-state index contributed by atoms with van der Waals surface area (Å²) < 4.78 is 5.51. The monoisotopic (exact) mass is 222 g/mol. The zero-order valence-electron chi connectivity index (χ0n) is 9.70. The Balaban J connectivity index is 1.81. The summed E-state index contributed by atoms with van der Waals surface area (Å²) in [6, 6.07) is 0. The molecule has 16 heavy (non-hydrogen) atoms. The van der Waals surface area contributed by atoms with Gasteiger partial charge in [-0.3, -0.25) is 0 Å². The number of aromatic nitrogens is 1. The van der Waals surface area contributed by atoms with Crippen molar-refractivity contribution in [3.8, 4) is 0 Å². The van der Waals surface area contributed by atoms with Gasteiger partial charge in [-0.2, -0.15) is 0 Å². The lowest BCUT2D eigenvalue weighted by atomic mass is 10.1. The first-order valence-electron chi connectivity index (χ1n) is 5.96. The molecule has 0 unspecified atom stereocenters. The predicted molar refractivity (Wildman–Crippen MR) is 61.6 cm³/mol. The predicted octanol–water partition coefficient (Wildman–Crippen LogP) is 0.0721. The molecule has 0 atom stereocenters. The van der Waals surface area contributed by atoms with Gasteiger partial charge in [0.2, 0.25) is 5.88 Å². The standard InChI is InChI=1S/C11H18N4O/c1-14-4-6-15(7-5-14)11-9-8-12-3-2-10(9)13-16-11/h12H,2-8H2,1H3. The van der Waals surface area contributed by atoms with Crippen molar-refractivity contribution in [3.63, 3.8) is 0 Å². The molecule has 0 aliphatic carbocycles. The normalized spacial score (nSPS) is 22.2. The van der Waals surface area contributed by atoms with Gasteiger partial charge in [0.25, 0.3) is 0 Å². The fourth-order valence-corrected chi connectivity index (χ4v) is 2.38. The third kappa shape index (κ3) is 1.70. The average Bonchev–Trinajstić information content (AvgIpc) is 2.74. The van der Waals surface area contributed by atoms with Crippen LogP contribution in [0.4, 0.5) is 5.88 Å². The summed E-state index contributed by atoms with van der Waals surface area (Å²) in [6.45, 7) is 6.20. The van der Waals surface area contributed by atoms with Gasteiger partial charge in [-0.15, -0.1) is 0 Å². The Morgan fingerprint density at radius 1 is 1.25 bits per heavy atom. The fraction of sp³-hybridized carbons (Fsp3) is 0.727. The molecule has 5 heteroatoms. The van der Waals surface area contributed by atoms with Crippen molar-refractivity contribution >= 4 is 5.88 Å². The zero-order chi connectivity index (χ0) is 11.0. The molecule has 0 aromatic carbocycles. The van der Waals surface area contributed by atoms with E-state index in [1.165, 1.54) is 5.56 Å². The first-order chi connectivity index (χ1) is 7.84. The highest BCUT2D eigenvalue weighted by molar-refractivity contribution is 5.47. The number of hydrogen-bond donors (Lipinski definition) is 1. The minimum atomic E-state index is 0.903. The van der Waals surface area contributed by atoms with Crippen LogP contribution in [0.15, 0.2) is 4.52 Å². The van der Waals surface area contributed by atoms with Crippen LogP contribution in [0.5, 0.6) is 0 Å². The Morgan fingerprint density at radius 2 is 2.06 bits per heavy atom. The molecule has 1 fully saturated rings. The highest BCUT2D eigenvalue weighted by Gasteiger charge is 2.25. The Labute approximate surface area is 95.4 Å². The maximum Gasteiger partial charge on any atom is 0.232 e. The van der Waals surface area contributed by atoms with Crippen LogP contribution in [0.3, 0.4) is 0 Å². The summed E-state index contributed by atoms with van der Waals surface area (Å²) in [5.74, 6) is 0.996. The second-order valence-electron chi connectivity index (χ2n) is 4.63. The van der Waals surface area contributed by atoms with Crippen molar-refractivity contribution in [1.82, 2.24) is 15.4 Å². The number of piperazine rings is 1. The van der Waals surface area contributed by atoms with Crippen LogP contribution in [0, 0.1) is 0 Å². The maximum absolute atomic E-state index is 5.51. The topological polar surface area (TPSA) is 44.5 Å². The molecule has 0 amide bonds. The van der Waals surface area contributed by atoms with E-state index in [1.807, 2.05) is 0 Å². The van der Waals surface area contributed by atoms with E-state index in [9.17, 15) is 0 Å². The van der Waals surface area contributed by atoms with Crippen LogP contribution < -0.4 is 10.2 Å². The lowest BCUT2D eigenvalue weighted by Crippen LogP contribution is -2.44. The van der Waals surface area contributed by atoms with E-state index in [-0.39, 0.29) is 0 Å². The second kappa shape index (κ2) is 4.07. The van der Waals surface area contributed by atoms with Crippen molar-refractivity contribution in [2.45, 2.75) is 13.0 Å². The van der Waals surface area contributed by atoms with Gasteiger partial charge < -0.3 is 19.6 Å². The van der Waals surface area contributed by atoms with Gasteiger partial charge in [0.15, 0.2) is 0 Å². The summed E-state index contributed by atoms with van der Waals surface area (Å²) >= 11 is 0. The molecule has 0 radical (unpaired) electrons. The Bertz CT molecular complexity index is 368. The van der Waals surface area contributed by atoms with Crippen molar-refractivity contribution in [2.75, 3.05) is 44.7 Å². The first-order valence-corrected chi connectivity index (χ1v) is 5.96. The summed E-state index contributed by atoms with van der Waals surface area (Å²) in [5.41, 5.74) is 2.42. The van der Waals surface area contributed by atoms with Crippen LogP contribution in [0.2, 0.25) is 0 Å². The van der Waals surface area contributed by atoms with E-state index in [0.717, 1.165) is 57.3 Å². The molecule has 0 bridgehead atoms. The van der Waals surface area contributed by atoms with E-state index in [1.54, 1.807) is 0 Å². The summed E-state index contributed by atoms with van der Waals surface area (Å²) in [5, 5.41) is 7.56. The van der Waals surface area contributed by atoms with Gasteiger partial charge in [-0.25, -0.2) is 0 Å². The van der Waals surface area contributed by atoms with Crippen molar-refractivity contribution < 1.29 is 4.52 Å². The minimum Gasteiger partial charge on any atom is -0.338 e. The molecule has 1 aromatic heterocycles. The number of nitrogens with one attached hydrogen (secondary N) is 1. The minimum absolute atomic E-state index is 0.903. The first kappa shape index (κ1) is 10.1. The van der Waals surface area contributed by atoms with E-state index in [4.69, 9.17) is 4.52 Å². The molecule has 5 nitrogen and oxygen atoms in total. The van der Waals surface area contributed by atoms with Crippen molar-refractivity contribution in [3.05, 3.63) is 11.3 Å². The molecular weight excluding hydrogens is 204 g/mol. The van der Waals surface area contributed by atoms with Crippen molar-refractivity contribution in [2.24, 2.45) is 0 Å². The van der Waals surface area contributed by atoms with E-state index < -0.39 is 0 Å². The van der Waals surface area contributed by atoms with E-state index in [0.29, 0.717) is 0 Å². The molecule has 0 saturated carbocycles. The van der Waals surface area contributed by atoms with Gasteiger partial charge in [0.05, 0.1) is 11.3 Å². The third-order valence-corrected chi connectivity index (χ3v) is 3.48. The highest BCUT2D eigenvalue weighted by Crippen LogP contribution is 2.26. The maximum atomic E-state index is 5.51. The fourth-order valence-electron chi connectivity index (χ4n) is 2.38. The molecular formula is C11H18N4O. The molecule has 1 saturated heterocycles. The summed E-state index contributed by atoms with van der Waals surface area (Å²) in [4.78, 5) is 4.66. The molecule has 3 heterocycles. The Kier molecular flexibility index (Phi) is 2.57. The van der Waals surface area contributed by atoms with Gasteiger partial charge in [-0.1, -0.05) is 5.16 Å². The molecule has 2 aliphatic heterocycles. The SMILES string of the molecule is CN1CCN(c2onc3c2CNCC3)CC1. The largest absolute Gasteiger partial charge is 0.338 e. The number of nitrogens with zero attached hydrogens (tertiary/aromatic N) is 3. The molecule has 88 valence electrons. The second-order valence-corrected chi connectivity index (χ2v) is 4.63.